The van der Waals surface area contributed by atoms with Crippen molar-refractivity contribution >= 4 is 23.5 Å². The first-order valence-corrected chi connectivity index (χ1v) is 16.8. The van der Waals surface area contributed by atoms with Gasteiger partial charge in [0.2, 0.25) is 5.95 Å². The minimum atomic E-state index is -0.567. The van der Waals surface area contributed by atoms with E-state index >= 15 is 4.39 Å². The molecule has 1 aromatic heterocycles. The molecule has 0 saturated carbocycles. The predicted molar refractivity (Wildman–Crippen MR) is 191 cm³/mol. The van der Waals surface area contributed by atoms with E-state index in [4.69, 9.17) is 14.2 Å². The molecule has 1 saturated heterocycles. The smallest absolute Gasteiger partial charge is 0.420 e. The Labute approximate surface area is 288 Å². The highest BCUT2D eigenvalue weighted by Gasteiger charge is 2.23. The van der Waals surface area contributed by atoms with Crippen molar-refractivity contribution in [2.75, 3.05) is 63.2 Å². The quantitative estimate of drug-likeness (QED) is 0.162. The molecule has 0 bridgehead atoms. The number of aromatic nitrogens is 2. The van der Waals surface area contributed by atoms with Crippen molar-refractivity contribution in [3.8, 4) is 17.2 Å². The van der Waals surface area contributed by atoms with Crippen molar-refractivity contribution in [2.45, 2.75) is 47.1 Å². The van der Waals surface area contributed by atoms with Crippen LogP contribution in [-0.2, 0) is 6.42 Å². The van der Waals surface area contributed by atoms with E-state index in [1.807, 2.05) is 57.2 Å². The highest BCUT2D eigenvalue weighted by molar-refractivity contribution is 5.88. The topological polar surface area (TPSA) is 92.3 Å². The van der Waals surface area contributed by atoms with E-state index in [9.17, 15) is 4.79 Å². The highest BCUT2D eigenvalue weighted by Crippen LogP contribution is 2.27. The van der Waals surface area contributed by atoms with E-state index in [-0.39, 0.29) is 11.7 Å². The first kappa shape index (κ1) is 35.6. The first-order valence-electron chi connectivity index (χ1n) is 16.8. The second kappa shape index (κ2) is 16.6. The minimum absolute atomic E-state index is 0.190. The molecule has 4 aromatic rings. The van der Waals surface area contributed by atoms with E-state index in [2.05, 4.69) is 38.9 Å². The van der Waals surface area contributed by atoms with Gasteiger partial charge in [0.1, 0.15) is 23.9 Å². The number of nitrogens with one attached hydrogen (secondary N) is 1. The fraction of sp³-hybridized carbons (Fsp3) is 0.395. The number of anilines is 3. The summed E-state index contributed by atoms with van der Waals surface area (Å²) in [6.07, 6.45) is 1.52. The molecule has 3 aromatic carbocycles. The third-order valence-electron chi connectivity index (χ3n) is 8.71. The summed E-state index contributed by atoms with van der Waals surface area (Å²) in [5.41, 5.74) is 4.28. The lowest BCUT2D eigenvalue weighted by Crippen LogP contribution is -2.49. The minimum Gasteiger partial charge on any atom is -0.497 e. The van der Waals surface area contributed by atoms with E-state index in [0.717, 1.165) is 60.7 Å². The molecule has 0 radical (unpaired) electrons. The standard InChI is InChI=1S/C38H47FN6O4/c1-26(2)44-19-17-43(18-20-44)21-22-48-34-12-9-31(25-33(34)39)41-37-40-15-13-35(42-37)45(16-14-30-7-10-32(47-6)11-8-30)38(46)49-36-28(4)23-27(3)24-29(36)5/h7-13,15,23-26H,14,16-22H2,1-6H3,(H,40,41,42). The molecule has 1 fully saturated rings. The zero-order valence-corrected chi connectivity index (χ0v) is 29.3. The second-order valence-corrected chi connectivity index (χ2v) is 12.7. The maximum atomic E-state index is 15.1. The first-order chi connectivity index (χ1) is 23.6. The lowest BCUT2D eigenvalue weighted by molar-refractivity contribution is 0.0965. The summed E-state index contributed by atoms with van der Waals surface area (Å²) in [7, 11) is 1.62. The SMILES string of the molecule is COc1ccc(CCN(C(=O)Oc2c(C)cc(C)cc2C)c2ccnc(Nc3ccc(OCCN4CCN(C(C)C)CC4)c(F)c3)n2)cc1. The summed E-state index contributed by atoms with van der Waals surface area (Å²) >= 11 is 0. The number of hydrogen-bond acceptors (Lipinski definition) is 9. The summed E-state index contributed by atoms with van der Waals surface area (Å²) in [6.45, 7) is 15.7. The number of amides is 1. The van der Waals surface area contributed by atoms with Crippen molar-refractivity contribution in [2.24, 2.45) is 0 Å². The molecular formula is C38H47FN6O4. The summed E-state index contributed by atoms with van der Waals surface area (Å²) in [5, 5.41) is 3.06. The molecule has 1 aliphatic rings. The number of carbonyl (C=O) groups is 1. The van der Waals surface area contributed by atoms with E-state index < -0.39 is 11.9 Å². The van der Waals surface area contributed by atoms with E-state index in [1.165, 1.54) is 11.0 Å². The Balaban J connectivity index is 1.26. The van der Waals surface area contributed by atoms with Crippen LogP contribution in [0.4, 0.5) is 26.6 Å². The van der Waals surface area contributed by atoms with Crippen molar-refractivity contribution in [3.63, 3.8) is 0 Å². The Hall–Kier alpha value is -4.74. The molecule has 0 unspecified atom stereocenters. The summed E-state index contributed by atoms with van der Waals surface area (Å²) < 4.78 is 32.1. The lowest BCUT2D eigenvalue weighted by atomic mass is 10.1. The molecule has 2 heterocycles. The van der Waals surface area contributed by atoms with Gasteiger partial charge in [0.05, 0.1) is 7.11 Å². The molecule has 1 N–H and O–H groups in total. The molecule has 10 nitrogen and oxygen atoms in total. The number of nitrogens with zero attached hydrogens (tertiary/aromatic N) is 5. The summed E-state index contributed by atoms with van der Waals surface area (Å²) in [5.74, 6) is 1.52. The van der Waals surface area contributed by atoms with Gasteiger partial charge in [-0.2, -0.15) is 4.98 Å². The highest BCUT2D eigenvalue weighted by atomic mass is 19.1. The van der Waals surface area contributed by atoms with Crippen LogP contribution in [-0.4, -0.2) is 84.9 Å². The van der Waals surface area contributed by atoms with Crippen molar-refractivity contribution in [1.82, 2.24) is 19.8 Å². The van der Waals surface area contributed by atoms with Crippen LogP contribution in [0, 0.1) is 26.6 Å². The number of ether oxygens (including phenoxy) is 3. The Morgan fingerprint density at radius 3 is 2.35 bits per heavy atom. The molecular weight excluding hydrogens is 623 g/mol. The zero-order chi connectivity index (χ0) is 34.9. The molecule has 11 heteroatoms. The number of piperazine rings is 1. The number of rotatable bonds is 13. The van der Waals surface area contributed by atoms with Crippen LogP contribution in [0.5, 0.6) is 17.2 Å². The normalized spacial score (nSPS) is 13.7. The van der Waals surface area contributed by atoms with E-state index in [1.54, 1.807) is 31.5 Å². The summed E-state index contributed by atoms with van der Waals surface area (Å²) in [4.78, 5) is 29.0. The van der Waals surface area contributed by atoms with Gasteiger partial charge in [-0.1, -0.05) is 29.8 Å². The Bertz CT molecular complexity index is 1690. The van der Waals surface area contributed by atoms with Gasteiger partial charge in [-0.25, -0.2) is 14.2 Å². The van der Waals surface area contributed by atoms with Crippen LogP contribution in [0.25, 0.3) is 0 Å². The molecule has 0 spiro atoms. The maximum Gasteiger partial charge on any atom is 0.420 e. The van der Waals surface area contributed by atoms with Crippen LogP contribution >= 0.6 is 0 Å². The van der Waals surface area contributed by atoms with Gasteiger partial charge in [0.25, 0.3) is 0 Å². The van der Waals surface area contributed by atoms with Gasteiger partial charge in [0, 0.05) is 63.3 Å². The van der Waals surface area contributed by atoms with Gasteiger partial charge in [-0.15, -0.1) is 0 Å². The molecule has 0 aliphatic carbocycles. The number of carbonyl (C=O) groups excluding carboxylic acids is 1. The predicted octanol–water partition coefficient (Wildman–Crippen LogP) is 6.95. The fourth-order valence-electron chi connectivity index (χ4n) is 5.98. The molecule has 49 heavy (non-hydrogen) atoms. The van der Waals surface area contributed by atoms with Gasteiger partial charge in [-0.05, 0) is 88.1 Å². The third kappa shape index (κ3) is 9.67. The van der Waals surface area contributed by atoms with Gasteiger partial charge >= 0.3 is 6.09 Å². The van der Waals surface area contributed by atoms with Crippen LogP contribution in [0.1, 0.15) is 36.1 Å². The number of methoxy groups -OCH3 is 1. The fourth-order valence-corrected chi connectivity index (χ4v) is 5.98. The van der Waals surface area contributed by atoms with E-state index in [0.29, 0.717) is 42.9 Å². The summed E-state index contributed by atoms with van der Waals surface area (Å²) in [6, 6.07) is 18.5. The van der Waals surface area contributed by atoms with Crippen LogP contribution in [0.2, 0.25) is 0 Å². The Morgan fingerprint density at radius 2 is 1.69 bits per heavy atom. The Morgan fingerprint density at radius 1 is 0.980 bits per heavy atom. The van der Waals surface area contributed by atoms with Crippen LogP contribution < -0.4 is 24.4 Å². The number of aryl methyl sites for hydroxylation is 3. The average molecular weight is 671 g/mol. The van der Waals surface area contributed by atoms with Crippen LogP contribution in [0.3, 0.4) is 0 Å². The molecule has 1 aliphatic heterocycles. The van der Waals surface area contributed by atoms with Crippen LogP contribution in [0.15, 0.2) is 66.9 Å². The van der Waals surface area contributed by atoms with Crippen molar-refractivity contribution in [1.29, 1.82) is 0 Å². The molecule has 260 valence electrons. The van der Waals surface area contributed by atoms with Gasteiger partial charge in [-0.3, -0.25) is 14.7 Å². The number of benzene rings is 3. The van der Waals surface area contributed by atoms with Gasteiger partial charge in [0.15, 0.2) is 11.6 Å². The Kier molecular flexibility index (Phi) is 12.0. The molecule has 1 amide bonds. The lowest BCUT2D eigenvalue weighted by Gasteiger charge is -2.36. The van der Waals surface area contributed by atoms with Crippen molar-refractivity contribution in [3.05, 3.63) is 94.9 Å². The number of hydrogen-bond donors (Lipinski definition) is 1. The zero-order valence-electron chi connectivity index (χ0n) is 29.3. The van der Waals surface area contributed by atoms with Gasteiger partial charge < -0.3 is 19.5 Å². The second-order valence-electron chi connectivity index (χ2n) is 12.7. The molecule has 0 atom stereocenters. The average Bonchev–Trinajstić information content (AvgIpc) is 3.08. The number of halogens is 1. The third-order valence-corrected chi connectivity index (χ3v) is 8.71. The van der Waals surface area contributed by atoms with Crippen molar-refractivity contribution < 1.29 is 23.4 Å². The molecule has 5 rings (SSSR count). The monoisotopic (exact) mass is 670 g/mol. The maximum absolute atomic E-state index is 15.1. The largest absolute Gasteiger partial charge is 0.497 e.